The first-order valence-electron chi connectivity index (χ1n) is 19.3. The Balaban J connectivity index is 0.730. The molecule has 0 saturated carbocycles. The van der Waals surface area contributed by atoms with Gasteiger partial charge in [0, 0.05) is 89.2 Å². The topological polar surface area (TPSA) is 158 Å². The Morgan fingerprint density at radius 2 is 1.50 bits per heavy atom. The van der Waals surface area contributed by atoms with Crippen LogP contribution >= 0.6 is 0 Å². The largest absolute Gasteiger partial charge is 0.507 e. The standard InChI is InChI=1S/C39H46N10O5/c50-34-4-2-1-3-29(34)31-22-33-36(43-42-31)40-23-27-24-47(19-20-48(27)33)25-9-11-44(12-10-25)13-14-45-15-17-46(18-16-45)26-5-6-28-30(21-26)39(54)49(38(28)53)32-7-8-35(51)41-37(32)52/h1-6,21-22,25,27,32,50H,7-20,23-24H2,(H,40,43)(H,41,51,52)/t27-,32?/m0/s1. The quantitative estimate of drug-likeness (QED) is 0.300. The van der Waals surface area contributed by atoms with E-state index in [4.69, 9.17) is 0 Å². The SMILES string of the molecule is O=C1CCC(N2C(=O)c3ccc(N4CCN(CCN5CCC(N6CCN7c8cc(-c9ccccc9O)nnc8NC[C@H]7C6)CC5)CC4)cc3C2=O)C(=O)N1. The Morgan fingerprint density at radius 3 is 2.28 bits per heavy atom. The summed E-state index contributed by atoms with van der Waals surface area (Å²) in [5, 5.41) is 25.0. The van der Waals surface area contributed by atoms with E-state index in [9.17, 15) is 24.3 Å². The zero-order chi connectivity index (χ0) is 36.9. The maximum atomic E-state index is 13.3. The average Bonchev–Trinajstić information content (AvgIpc) is 3.45. The van der Waals surface area contributed by atoms with Gasteiger partial charge < -0.3 is 25.1 Å². The van der Waals surface area contributed by atoms with E-state index < -0.39 is 23.8 Å². The molecule has 2 atom stereocenters. The van der Waals surface area contributed by atoms with Crippen molar-refractivity contribution in [3.05, 3.63) is 59.7 Å². The number of anilines is 3. The van der Waals surface area contributed by atoms with Crippen LogP contribution in [0.4, 0.5) is 17.2 Å². The molecule has 3 N–H and O–H groups in total. The van der Waals surface area contributed by atoms with Gasteiger partial charge in [0.2, 0.25) is 11.8 Å². The molecule has 6 aliphatic heterocycles. The van der Waals surface area contributed by atoms with Crippen LogP contribution in [0, 0.1) is 0 Å². The third-order valence-corrected chi connectivity index (χ3v) is 12.2. The lowest BCUT2D eigenvalue weighted by Gasteiger charge is -2.49. The normalized spacial score (nSPS) is 24.3. The van der Waals surface area contributed by atoms with Crippen LogP contribution in [0.1, 0.15) is 46.4 Å². The van der Waals surface area contributed by atoms with Gasteiger partial charge in [-0.15, -0.1) is 10.2 Å². The van der Waals surface area contributed by atoms with Crippen molar-refractivity contribution < 1.29 is 24.3 Å². The van der Waals surface area contributed by atoms with Gasteiger partial charge in [-0.1, -0.05) is 12.1 Å². The number of nitrogens with zero attached hydrogens (tertiary/aromatic N) is 8. The Bertz CT molecular complexity index is 1980. The number of benzene rings is 2. The number of fused-ring (bicyclic) bond motifs is 4. The van der Waals surface area contributed by atoms with Crippen molar-refractivity contribution in [3.63, 3.8) is 0 Å². The molecule has 54 heavy (non-hydrogen) atoms. The van der Waals surface area contributed by atoms with Crippen molar-refractivity contribution in [1.29, 1.82) is 0 Å². The van der Waals surface area contributed by atoms with Gasteiger partial charge >= 0.3 is 0 Å². The number of hydrogen-bond donors (Lipinski definition) is 3. The highest BCUT2D eigenvalue weighted by Gasteiger charge is 2.45. The molecule has 6 aliphatic rings. The predicted molar refractivity (Wildman–Crippen MR) is 202 cm³/mol. The highest BCUT2D eigenvalue weighted by molar-refractivity contribution is 6.23. The molecule has 15 heteroatoms. The molecule has 4 saturated heterocycles. The maximum absolute atomic E-state index is 13.3. The molecule has 4 fully saturated rings. The van der Waals surface area contributed by atoms with Gasteiger partial charge in [-0.25, -0.2) is 0 Å². The fourth-order valence-corrected chi connectivity index (χ4v) is 9.14. The van der Waals surface area contributed by atoms with Crippen molar-refractivity contribution >= 4 is 40.8 Å². The predicted octanol–water partition coefficient (Wildman–Crippen LogP) is 1.45. The number of piperidine rings is 2. The minimum absolute atomic E-state index is 0.104. The zero-order valence-corrected chi connectivity index (χ0v) is 30.3. The van der Waals surface area contributed by atoms with Crippen LogP contribution in [0.3, 0.4) is 0 Å². The van der Waals surface area contributed by atoms with Gasteiger partial charge in [0.25, 0.3) is 11.8 Å². The lowest BCUT2D eigenvalue weighted by Crippen LogP contribution is -2.61. The molecular formula is C39H46N10O5. The van der Waals surface area contributed by atoms with E-state index in [1.165, 1.54) is 12.8 Å². The Kier molecular flexibility index (Phi) is 9.15. The van der Waals surface area contributed by atoms with Gasteiger partial charge in [0.15, 0.2) is 5.82 Å². The summed E-state index contributed by atoms with van der Waals surface area (Å²) >= 11 is 0. The summed E-state index contributed by atoms with van der Waals surface area (Å²) < 4.78 is 0. The summed E-state index contributed by atoms with van der Waals surface area (Å²) in [6, 6.07) is 14.7. The molecule has 9 rings (SSSR count). The molecular weight excluding hydrogens is 688 g/mol. The minimum atomic E-state index is -0.958. The van der Waals surface area contributed by atoms with Crippen molar-refractivity contribution in [2.24, 2.45) is 0 Å². The average molecular weight is 735 g/mol. The van der Waals surface area contributed by atoms with Crippen molar-refractivity contribution in [3.8, 4) is 17.0 Å². The minimum Gasteiger partial charge on any atom is -0.507 e. The number of carbonyl (C=O) groups is 4. The van der Waals surface area contributed by atoms with E-state index in [-0.39, 0.29) is 24.5 Å². The molecule has 1 unspecified atom stereocenters. The Hall–Kier alpha value is -5.12. The van der Waals surface area contributed by atoms with E-state index in [0.29, 0.717) is 34.5 Å². The summed E-state index contributed by atoms with van der Waals surface area (Å²) in [5.41, 5.74) is 3.98. The lowest BCUT2D eigenvalue weighted by molar-refractivity contribution is -0.136. The number of amides is 4. The van der Waals surface area contributed by atoms with Gasteiger partial charge in [0.05, 0.1) is 28.6 Å². The number of rotatable bonds is 7. The van der Waals surface area contributed by atoms with Gasteiger partial charge in [0.1, 0.15) is 11.8 Å². The summed E-state index contributed by atoms with van der Waals surface area (Å²) in [6.07, 6.45) is 2.60. The van der Waals surface area contributed by atoms with Gasteiger partial charge in [-0.2, -0.15) is 0 Å². The molecule has 15 nitrogen and oxygen atoms in total. The zero-order valence-electron chi connectivity index (χ0n) is 30.3. The third-order valence-electron chi connectivity index (χ3n) is 12.2. The summed E-state index contributed by atoms with van der Waals surface area (Å²) in [7, 11) is 0. The number of phenolic OH excluding ortho intramolecular Hbond substituents is 1. The Morgan fingerprint density at radius 1 is 0.741 bits per heavy atom. The van der Waals surface area contributed by atoms with E-state index in [1.54, 1.807) is 18.2 Å². The number of aromatic hydroxyl groups is 1. The highest BCUT2D eigenvalue weighted by Crippen LogP contribution is 2.37. The molecule has 0 radical (unpaired) electrons. The number of hydrogen-bond acceptors (Lipinski definition) is 13. The molecule has 0 aliphatic carbocycles. The highest BCUT2D eigenvalue weighted by atomic mass is 16.3. The van der Waals surface area contributed by atoms with E-state index in [2.05, 4.69) is 51.4 Å². The monoisotopic (exact) mass is 734 g/mol. The summed E-state index contributed by atoms with van der Waals surface area (Å²) in [5.74, 6) is -0.901. The number of aromatic nitrogens is 2. The second-order valence-corrected chi connectivity index (χ2v) is 15.3. The first-order chi connectivity index (χ1) is 26.3. The fourth-order valence-electron chi connectivity index (χ4n) is 9.14. The lowest BCUT2D eigenvalue weighted by atomic mass is 9.99. The van der Waals surface area contributed by atoms with Gasteiger partial charge in [-0.3, -0.25) is 39.2 Å². The van der Waals surface area contributed by atoms with Crippen LogP contribution in [-0.4, -0.2) is 155 Å². The van der Waals surface area contributed by atoms with E-state index in [0.717, 1.165) is 101 Å². The van der Waals surface area contributed by atoms with Crippen LogP contribution in [0.2, 0.25) is 0 Å². The number of likely N-dealkylation sites (tertiary alicyclic amines) is 1. The van der Waals surface area contributed by atoms with Crippen LogP contribution in [0.5, 0.6) is 5.75 Å². The van der Waals surface area contributed by atoms with E-state index in [1.807, 2.05) is 24.3 Å². The number of phenols is 1. The van der Waals surface area contributed by atoms with Gasteiger partial charge in [-0.05, 0) is 68.8 Å². The number of imide groups is 2. The van der Waals surface area contributed by atoms with Crippen molar-refractivity contribution in [2.45, 2.75) is 43.8 Å². The number of carbonyl (C=O) groups excluding carboxylic acids is 4. The van der Waals surface area contributed by atoms with Crippen molar-refractivity contribution in [1.82, 2.24) is 35.1 Å². The molecule has 7 heterocycles. The summed E-state index contributed by atoms with van der Waals surface area (Å²) in [6.45, 7) is 11.6. The first kappa shape index (κ1) is 34.6. The molecule has 0 bridgehead atoms. The summed E-state index contributed by atoms with van der Waals surface area (Å²) in [4.78, 5) is 64.0. The third kappa shape index (κ3) is 6.43. The number of piperazine rings is 2. The molecule has 4 amide bonds. The van der Waals surface area contributed by atoms with Crippen LogP contribution < -0.4 is 20.4 Å². The maximum Gasteiger partial charge on any atom is 0.262 e. The van der Waals surface area contributed by atoms with Crippen molar-refractivity contribution in [2.75, 3.05) is 93.7 Å². The molecule has 282 valence electrons. The molecule has 2 aromatic carbocycles. The van der Waals surface area contributed by atoms with Crippen LogP contribution in [0.15, 0.2) is 48.5 Å². The smallest absolute Gasteiger partial charge is 0.262 e. The molecule has 3 aromatic rings. The Labute approximate surface area is 313 Å². The fraction of sp³-hybridized carbons (Fsp3) is 0.487. The van der Waals surface area contributed by atoms with E-state index >= 15 is 0 Å². The number of para-hydroxylation sites is 1. The molecule has 1 aromatic heterocycles. The first-order valence-corrected chi connectivity index (χ1v) is 19.3. The number of nitrogens with one attached hydrogen (secondary N) is 2. The van der Waals surface area contributed by atoms with Crippen LogP contribution in [0.25, 0.3) is 11.3 Å². The molecule has 0 spiro atoms. The second kappa shape index (κ2) is 14.3. The van der Waals surface area contributed by atoms with Crippen LogP contribution in [-0.2, 0) is 9.59 Å². The second-order valence-electron chi connectivity index (χ2n) is 15.3.